The summed E-state index contributed by atoms with van der Waals surface area (Å²) in [6, 6.07) is 5.45. The molecule has 1 aliphatic heterocycles. The van der Waals surface area contributed by atoms with Gasteiger partial charge in [0.2, 0.25) is 5.89 Å². The normalized spacial score (nSPS) is 18.0. The molecular weight excluding hydrogens is 294 g/mol. The molecule has 0 spiro atoms. The highest BCUT2D eigenvalue weighted by atomic mass is 16.3. The lowest BCUT2D eigenvalue weighted by molar-refractivity contribution is 0.0883. The first-order valence-corrected chi connectivity index (χ1v) is 7.80. The third kappa shape index (κ3) is 3.53. The maximum Gasteiger partial charge on any atom is 0.321 e. The molecule has 0 bridgehead atoms. The fourth-order valence-corrected chi connectivity index (χ4v) is 2.75. The summed E-state index contributed by atoms with van der Waals surface area (Å²) in [7, 11) is 0. The lowest BCUT2D eigenvalue weighted by Gasteiger charge is -2.30. The number of piperidine rings is 1. The van der Waals surface area contributed by atoms with Crippen molar-refractivity contribution in [2.24, 2.45) is 0 Å². The quantitative estimate of drug-likeness (QED) is 0.893. The molecule has 0 aliphatic carbocycles. The minimum Gasteiger partial charge on any atom is -0.444 e. The zero-order valence-corrected chi connectivity index (χ0v) is 13.4. The van der Waals surface area contributed by atoms with Crippen molar-refractivity contribution in [1.82, 2.24) is 9.88 Å². The lowest BCUT2D eigenvalue weighted by Crippen LogP contribution is -2.44. The van der Waals surface area contributed by atoms with Crippen LogP contribution in [0.25, 0.3) is 11.5 Å². The van der Waals surface area contributed by atoms with Gasteiger partial charge in [-0.3, -0.25) is 0 Å². The van der Waals surface area contributed by atoms with Crippen molar-refractivity contribution in [3.8, 4) is 11.5 Å². The van der Waals surface area contributed by atoms with E-state index in [1.54, 1.807) is 11.2 Å². The molecule has 1 saturated heterocycles. The third-order valence-electron chi connectivity index (χ3n) is 4.02. The Morgan fingerprint density at radius 1 is 1.43 bits per heavy atom. The Kier molecular flexibility index (Phi) is 4.34. The van der Waals surface area contributed by atoms with Crippen LogP contribution >= 0.6 is 0 Å². The van der Waals surface area contributed by atoms with Crippen LogP contribution < -0.4 is 5.32 Å². The van der Waals surface area contributed by atoms with E-state index in [0.717, 1.165) is 29.7 Å². The molecule has 1 fully saturated rings. The highest BCUT2D eigenvalue weighted by Crippen LogP contribution is 2.26. The van der Waals surface area contributed by atoms with Crippen LogP contribution in [-0.2, 0) is 0 Å². The highest BCUT2D eigenvalue weighted by molar-refractivity contribution is 5.90. The Hall–Kier alpha value is -2.34. The number of likely N-dealkylation sites (tertiary alicyclic amines) is 1. The predicted molar refractivity (Wildman–Crippen MR) is 87.2 cm³/mol. The molecule has 1 unspecified atom stereocenters. The topological polar surface area (TPSA) is 78.6 Å². The van der Waals surface area contributed by atoms with Crippen LogP contribution in [0.15, 0.2) is 28.9 Å². The summed E-state index contributed by atoms with van der Waals surface area (Å²) in [6.45, 7) is 4.89. The number of aromatic nitrogens is 1. The number of oxazole rings is 1. The van der Waals surface area contributed by atoms with Crippen molar-refractivity contribution in [1.29, 1.82) is 0 Å². The number of nitrogens with one attached hydrogen (secondary N) is 1. The van der Waals surface area contributed by atoms with Gasteiger partial charge in [-0.05, 0) is 44.4 Å². The Morgan fingerprint density at radius 2 is 2.26 bits per heavy atom. The second-order valence-corrected chi connectivity index (χ2v) is 6.00. The smallest absolute Gasteiger partial charge is 0.321 e. The van der Waals surface area contributed by atoms with Crippen LogP contribution in [0.3, 0.4) is 0 Å². The van der Waals surface area contributed by atoms with Crippen LogP contribution in [0.4, 0.5) is 10.5 Å². The highest BCUT2D eigenvalue weighted by Gasteiger charge is 2.22. The number of urea groups is 1. The molecule has 2 amide bonds. The molecule has 6 nitrogen and oxygen atoms in total. The minimum atomic E-state index is -0.432. The van der Waals surface area contributed by atoms with E-state index in [0.29, 0.717) is 24.7 Å². The van der Waals surface area contributed by atoms with Crippen molar-refractivity contribution in [3.63, 3.8) is 0 Å². The van der Waals surface area contributed by atoms with E-state index in [-0.39, 0.29) is 6.03 Å². The monoisotopic (exact) mass is 315 g/mol. The van der Waals surface area contributed by atoms with Crippen molar-refractivity contribution >= 4 is 11.7 Å². The fraction of sp³-hybridized carbons (Fsp3) is 0.412. The van der Waals surface area contributed by atoms with Gasteiger partial charge in [0.05, 0.1) is 11.8 Å². The number of benzene rings is 1. The molecule has 2 N–H and O–H groups in total. The number of aliphatic hydroxyl groups is 1. The van der Waals surface area contributed by atoms with Crippen molar-refractivity contribution < 1.29 is 14.3 Å². The molecule has 1 aromatic carbocycles. The van der Waals surface area contributed by atoms with Gasteiger partial charge in [0.1, 0.15) is 6.26 Å². The number of rotatable bonds is 2. The molecular formula is C17H21N3O3. The molecule has 3 rings (SSSR count). The van der Waals surface area contributed by atoms with Crippen molar-refractivity contribution in [3.05, 3.63) is 35.7 Å². The Bertz CT molecular complexity index is 711. The molecule has 2 heterocycles. The molecule has 0 saturated carbocycles. The standard InChI is InChI=1S/C17H21N3O3/c1-11-5-6-13(8-15(11)16-18-12(2)10-23-16)19-17(22)20-7-3-4-14(21)9-20/h5-6,8,10,14,21H,3-4,7,9H2,1-2H3,(H,19,22). The lowest BCUT2D eigenvalue weighted by atomic mass is 10.1. The first-order chi connectivity index (χ1) is 11.0. The van der Waals surface area contributed by atoms with Gasteiger partial charge < -0.3 is 19.7 Å². The van der Waals surface area contributed by atoms with Crippen molar-refractivity contribution in [2.75, 3.05) is 18.4 Å². The molecule has 1 aromatic heterocycles. The molecule has 6 heteroatoms. The number of aliphatic hydroxyl groups excluding tert-OH is 1. The van der Waals surface area contributed by atoms with Crippen LogP contribution in [0.1, 0.15) is 24.1 Å². The number of β-amino-alcohol motifs (C(OH)–C–C–N with tert-alkyl or cyclic N) is 1. The Morgan fingerprint density at radius 3 is 2.96 bits per heavy atom. The molecule has 122 valence electrons. The minimum absolute atomic E-state index is 0.192. The van der Waals surface area contributed by atoms with E-state index in [1.165, 1.54) is 0 Å². The first-order valence-electron chi connectivity index (χ1n) is 7.80. The number of hydrogen-bond acceptors (Lipinski definition) is 4. The average Bonchev–Trinajstić information content (AvgIpc) is 2.95. The van der Waals surface area contributed by atoms with Crippen LogP contribution in [0.2, 0.25) is 0 Å². The number of carbonyl (C=O) groups is 1. The molecule has 2 aromatic rings. The van der Waals surface area contributed by atoms with Gasteiger partial charge >= 0.3 is 6.03 Å². The largest absolute Gasteiger partial charge is 0.444 e. The number of aryl methyl sites for hydroxylation is 2. The average molecular weight is 315 g/mol. The van der Waals surface area contributed by atoms with Crippen LogP contribution in [0.5, 0.6) is 0 Å². The molecule has 23 heavy (non-hydrogen) atoms. The molecule has 1 aliphatic rings. The Balaban J connectivity index is 1.77. The predicted octanol–water partition coefficient (Wildman–Crippen LogP) is 2.95. The SMILES string of the molecule is Cc1coc(-c2cc(NC(=O)N3CCCC(O)C3)ccc2C)n1. The zero-order chi connectivity index (χ0) is 16.4. The van der Waals surface area contributed by atoms with E-state index in [2.05, 4.69) is 10.3 Å². The fourth-order valence-electron chi connectivity index (χ4n) is 2.75. The summed E-state index contributed by atoms with van der Waals surface area (Å²) in [4.78, 5) is 18.3. The van der Waals surface area contributed by atoms with E-state index in [1.807, 2.05) is 32.0 Å². The van der Waals surface area contributed by atoms with Gasteiger partial charge in [0.25, 0.3) is 0 Å². The number of anilines is 1. The second-order valence-electron chi connectivity index (χ2n) is 6.00. The van der Waals surface area contributed by atoms with E-state index in [9.17, 15) is 9.90 Å². The van der Waals surface area contributed by atoms with Crippen LogP contribution in [0, 0.1) is 13.8 Å². The van der Waals surface area contributed by atoms with Gasteiger partial charge in [-0.25, -0.2) is 9.78 Å². The summed E-state index contributed by atoms with van der Waals surface area (Å²) >= 11 is 0. The third-order valence-corrected chi connectivity index (χ3v) is 4.02. The van der Waals surface area contributed by atoms with Crippen molar-refractivity contribution in [2.45, 2.75) is 32.8 Å². The number of nitrogens with zero attached hydrogens (tertiary/aromatic N) is 2. The van der Waals surface area contributed by atoms with Gasteiger partial charge in [0, 0.05) is 24.3 Å². The van der Waals surface area contributed by atoms with Gasteiger partial charge in [-0.2, -0.15) is 0 Å². The van der Waals surface area contributed by atoms with E-state index in [4.69, 9.17) is 4.42 Å². The number of hydrogen-bond donors (Lipinski definition) is 2. The Labute approximate surface area is 135 Å². The molecule has 0 radical (unpaired) electrons. The maximum atomic E-state index is 12.3. The van der Waals surface area contributed by atoms with E-state index < -0.39 is 6.10 Å². The van der Waals surface area contributed by atoms with Crippen LogP contribution in [-0.4, -0.2) is 40.2 Å². The van der Waals surface area contributed by atoms with E-state index >= 15 is 0 Å². The summed E-state index contributed by atoms with van der Waals surface area (Å²) < 4.78 is 5.45. The zero-order valence-electron chi connectivity index (χ0n) is 13.4. The van der Waals surface area contributed by atoms with Gasteiger partial charge in [0.15, 0.2) is 0 Å². The number of carbonyl (C=O) groups excluding carboxylic acids is 1. The number of amides is 2. The first kappa shape index (κ1) is 15.6. The van der Waals surface area contributed by atoms with Gasteiger partial charge in [-0.15, -0.1) is 0 Å². The summed E-state index contributed by atoms with van der Waals surface area (Å²) in [6.07, 6.45) is 2.75. The summed E-state index contributed by atoms with van der Waals surface area (Å²) in [5, 5.41) is 12.6. The summed E-state index contributed by atoms with van der Waals surface area (Å²) in [5.74, 6) is 0.546. The van der Waals surface area contributed by atoms with Gasteiger partial charge in [-0.1, -0.05) is 6.07 Å². The summed E-state index contributed by atoms with van der Waals surface area (Å²) in [5.41, 5.74) is 3.38. The maximum absolute atomic E-state index is 12.3. The second kappa shape index (κ2) is 6.42. The molecule has 1 atom stereocenters.